The second-order valence-electron chi connectivity index (χ2n) is 5.44. The van der Waals surface area contributed by atoms with Crippen molar-refractivity contribution >= 4 is 28.9 Å². The highest BCUT2D eigenvalue weighted by Gasteiger charge is 2.25. The molecule has 1 aromatic heterocycles. The zero-order valence-corrected chi connectivity index (χ0v) is 12.9. The van der Waals surface area contributed by atoms with Gasteiger partial charge in [-0.3, -0.25) is 14.9 Å². The summed E-state index contributed by atoms with van der Waals surface area (Å²) in [5.74, 6) is 2.44. The molecule has 0 spiro atoms. The molecule has 1 saturated heterocycles. The summed E-state index contributed by atoms with van der Waals surface area (Å²) in [4.78, 5) is 29.5. The summed E-state index contributed by atoms with van der Waals surface area (Å²) in [5, 5.41) is 7.20. The summed E-state index contributed by atoms with van der Waals surface area (Å²) in [5.41, 5.74) is 0. The van der Waals surface area contributed by atoms with Gasteiger partial charge in [0.2, 0.25) is 11.9 Å². The number of hydrogen-bond acceptors (Lipinski definition) is 5. The van der Waals surface area contributed by atoms with Gasteiger partial charge >= 0.3 is 0 Å². The number of carbonyl (C=O) groups is 2. The van der Waals surface area contributed by atoms with Crippen molar-refractivity contribution in [2.45, 2.75) is 31.6 Å². The summed E-state index contributed by atoms with van der Waals surface area (Å²) < 4.78 is 1.61. The van der Waals surface area contributed by atoms with Crippen molar-refractivity contribution in [3.05, 3.63) is 5.82 Å². The Bertz CT molecular complexity index is 555. The molecule has 3 rings (SSSR count). The SMILES string of the molecule is Cn1nc(C2CCC2)nc1NC(=O)CCN1CCSC1=O. The number of aromatic nitrogens is 3. The first-order valence-corrected chi connectivity index (χ1v) is 8.24. The normalized spacial score (nSPS) is 18.9. The van der Waals surface area contributed by atoms with E-state index in [1.54, 1.807) is 16.6 Å². The fraction of sp³-hybridized carbons (Fsp3) is 0.692. The number of nitrogens with zero attached hydrogens (tertiary/aromatic N) is 4. The van der Waals surface area contributed by atoms with E-state index in [2.05, 4.69) is 15.4 Å². The van der Waals surface area contributed by atoms with E-state index in [-0.39, 0.29) is 17.6 Å². The van der Waals surface area contributed by atoms with Gasteiger partial charge in [-0.1, -0.05) is 18.2 Å². The number of thioether (sulfide) groups is 1. The van der Waals surface area contributed by atoms with Gasteiger partial charge in [0.05, 0.1) is 0 Å². The van der Waals surface area contributed by atoms with E-state index < -0.39 is 0 Å². The van der Waals surface area contributed by atoms with Crippen molar-refractivity contribution in [2.75, 3.05) is 24.2 Å². The number of hydrogen-bond donors (Lipinski definition) is 1. The van der Waals surface area contributed by atoms with Crippen molar-refractivity contribution in [3.8, 4) is 0 Å². The molecule has 2 heterocycles. The Kier molecular flexibility index (Phi) is 4.14. The van der Waals surface area contributed by atoms with Gasteiger partial charge in [0, 0.05) is 38.2 Å². The van der Waals surface area contributed by atoms with Gasteiger partial charge in [0.1, 0.15) is 0 Å². The van der Waals surface area contributed by atoms with Crippen molar-refractivity contribution in [1.82, 2.24) is 19.7 Å². The van der Waals surface area contributed by atoms with Crippen LogP contribution in [0.3, 0.4) is 0 Å². The van der Waals surface area contributed by atoms with E-state index in [1.807, 2.05) is 0 Å². The minimum absolute atomic E-state index is 0.0636. The second kappa shape index (κ2) is 6.05. The largest absolute Gasteiger partial charge is 0.332 e. The van der Waals surface area contributed by atoms with E-state index >= 15 is 0 Å². The number of nitrogens with one attached hydrogen (secondary N) is 1. The van der Waals surface area contributed by atoms with Crippen molar-refractivity contribution in [1.29, 1.82) is 0 Å². The molecular weight excluding hydrogens is 290 g/mol. The number of carbonyl (C=O) groups excluding carboxylic acids is 2. The maximum atomic E-state index is 12.0. The molecule has 2 aliphatic rings. The number of rotatable bonds is 5. The number of aryl methyl sites for hydroxylation is 1. The molecule has 1 aliphatic heterocycles. The fourth-order valence-electron chi connectivity index (χ4n) is 2.41. The summed E-state index contributed by atoms with van der Waals surface area (Å²) >= 11 is 1.31. The third-order valence-electron chi connectivity index (χ3n) is 3.95. The predicted octanol–water partition coefficient (Wildman–Crippen LogP) is 1.58. The molecule has 1 N–H and O–H groups in total. The summed E-state index contributed by atoms with van der Waals surface area (Å²) in [6.07, 6.45) is 3.78. The van der Waals surface area contributed by atoms with Crippen LogP contribution < -0.4 is 5.32 Å². The maximum absolute atomic E-state index is 12.0. The Balaban J connectivity index is 1.52. The van der Waals surface area contributed by atoms with Crippen LogP contribution in [0.1, 0.15) is 37.4 Å². The molecule has 1 aliphatic carbocycles. The van der Waals surface area contributed by atoms with Crippen LogP contribution in [0.5, 0.6) is 0 Å². The van der Waals surface area contributed by atoms with Crippen LogP contribution in [0, 0.1) is 0 Å². The Hall–Kier alpha value is -1.57. The molecule has 0 bridgehead atoms. The van der Waals surface area contributed by atoms with Gasteiger partial charge in [-0.25, -0.2) is 4.68 Å². The van der Waals surface area contributed by atoms with Gasteiger partial charge < -0.3 is 4.90 Å². The van der Waals surface area contributed by atoms with Crippen LogP contribution in [0.25, 0.3) is 0 Å². The van der Waals surface area contributed by atoms with Gasteiger partial charge in [-0.05, 0) is 12.8 Å². The summed E-state index contributed by atoms with van der Waals surface area (Å²) in [6, 6.07) is 0. The molecule has 2 amide bonds. The molecule has 8 heteroatoms. The predicted molar refractivity (Wildman–Crippen MR) is 80.3 cm³/mol. The van der Waals surface area contributed by atoms with Gasteiger partial charge in [-0.15, -0.1) is 0 Å². The van der Waals surface area contributed by atoms with Crippen LogP contribution in [0.2, 0.25) is 0 Å². The quantitative estimate of drug-likeness (QED) is 0.893. The highest BCUT2D eigenvalue weighted by Crippen LogP contribution is 2.34. The molecule has 114 valence electrons. The van der Waals surface area contributed by atoms with E-state index in [0.717, 1.165) is 31.0 Å². The van der Waals surface area contributed by atoms with Crippen molar-refractivity contribution in [3.63, 3.8) is 0 Å². The van der Waals surface area contributed by atoms with Crippen LogP contribution in [0.4, 0.5) is 10.7 Å². The molecule has 1 saturated carbocycles. The van der Waals surface area contributed by atoms with E-state index in [9.17, 15) is 9.59 Å². The van der Waals surface area contributed by atoms with E-state index in [4.69, 9.17) is 0 Å². The highest BCUT2D eigenvalue weighted by molar-refractivity contribution is 8.13. The Morgan fingerprint density at radius 1 is 1.48 bits per heavy atom. The standard InChI is InChI=1S/C13H19N5O2S/c1-17-12(15-11(16-17)9-3-2-4-9)14-10(19)5-6-18-7-8-21-13(18)20/h9H,2-8H2,1H3,(H,14,15,16,19). The Labute approximate surface area is 127 Å². The van der Waals surface area contributed by atoms with Gasteiger partial charge in [-0.2, -0.15) is 10.1 Å². The molecule has 0 unspecified atom stereocenters. The third kappa shape index (κ3) is 3.20. The monoisotopic (exact) mass is 309 g/mol. The van der Waals surface area contributed by atoms with E-state index in [0.29, 0.717) is 18.4 Å². The number of amides is 2. The fourth-order valence-corrected chi connectivity index (χ4v) is 3.26. The van der Waals surface area contributed by atoms with Gasteiger partial charge in [0.25, 0.3) is 5.24 Å². The lowest BCUT2D eigenvalue weighted by molar-refractivity contribution is -0.116. The first-order valence-electron chi connectivity index (χ1n) is 7.26. The molecule has 2 fully saturated rings. The number of anilines is 1. The molecule has 0 atom stereocenters. The second-order valence-corrected chi connectivity index (χ2v) is 6.49. The van der Waals surface area contributed by atoms with Crippen LogP contribution in [0.15, 0.2) is 0 Å². The lowest BCUT2D eigenvalue weighted by Gasteiger charge is -2.21. The lowest BCUT2D eigenvalue weighted by Crippen LogP contribution is -2.28. The molecular formula is C13H19N5O2S. The third-order valence-corrected chi connectivity index (χ3v) is 4.85. The summed E-state index contributed by atoms with van der Waals surface area (Å²) in [7, 11) is 1.78. The maximum Gasteiger partial charge on any atom is 0.281 e. The van der Waals surface area contributed by atoms with Gasteiger partial charge in [0.15, 0.2) is 5.82 Å². The lowest BCUT2D eigenvalue weighted by atomic mass is 9.85. The molecule has 21 heavy (non-hydrogen) atoms. The zero-order valence-electron chi connectivity index (χ0n) is 12.0. The molecule has 0 aromatic carbocycles. The minimum Gasteiger partial charge on any atom is -0.332 e. The van der Waals surface area contributed by atoms with Crippen LogP contribution in [-0.4, -0.2) is 49.7 Å². The van der Waals surface area contributed by atoms with Crippen LogP contribution >= 0.6 is 11.8 Å². The molecule has 7 nitrogen and oxygen atoms in total. The van der Waals surface area contributed by atoms with Crippen molar-refractivity contribution < 1.29 is 9.59 Å². The Morgan fingerprint density at radius 2 is 2.29 bits per heavy atom. The minimum atomic E-state index is -0.129. The molecule has 1 aromatic rings. The topological polar surface area (TPSA) is 80.1 Å². The average molecular weight is 309 g/mol. The molecule has 0 radical (unpaired) electrons. The average Bonchev–Trinajstić information content (AvgIpc) is 2.92. The van der Waals surface area contributed by atoms with E-state index in [1.165, 1.54) is 18.2 Å². The smallest absolute Gasteiger partial charge is 0.281 e. The van der Waals surface area contributed by atoms with Crippen molar-refractivity contribution in [2.24, 2.45) is 7.05 Å². The van der Waals surface area contributed by atoms with Crippen LogP contribution in [-0.2, 0) is 11.8 Å². The first kappa shape index (κ1) is 14.4. The zero-order chi connectivity index (χ0) is 14.8. The summed E-state index contributed by atoms with van der Waals surface area (Å²) in [6.45, 7) is 1.19. The Morgan fingerprint density at radius 3 is 2.90 bits per heavy atom. The highest BCUT2D eigenvalue weighted by atomic mass is 32.2. The first-order chi connectivity index (χ1) is 10.1.